The number of aryl methyl sites for hydroxylation is 1. The average molecular weight is 367 g/mol. The van der Waals surface area contributed by atoms with Crippen LogP contribution in [0.5, 0.6) is 11.5 Å². The van der Waals surface area contributed by atoms with E-state index in [9.17, 15) is 4.79 Å². The van der Waals surface area contributed by atoms with Gasteiger partial charge in [-0.3, -0.25) is 0 Å². The van der Waals surface area contributed by atoms with E-state index in [1.165, 1.54) is 11.1 Å². The number of amides is 1. The number of benzene rings is 2. The molecule has 1 aliphatic heterocycles. The highest BCUT2D eigenvalue weighted by atomic mass is 16.6. The normalized spacial score (nSPS) is 15.8. The first-order valence-corrected chi connectivity index (χ1v) is 9.54. The van der Waals surface area contributed by atoms with Crippen molar-refractivity contribution in [3.63, 3.8) is 0 Å². The highest BCUT2D eigenvalue weighted by molar-refractivity contribution is 5.67. The van der Waals surface area contributed by atoms with E-state index in [1.807, 2.05) is 32.9 Å². The summed E-state index contributed by atoms with van der Waals surface area (Å²) in [6.45, 7) is 8.37. The summed E-state index contributed by atoms with van der Waals surface area (Å²) in [4.78, 5) is 13.9. The van der Waals surface area contributed by atoms with Gasteiger partial charge in [-0.15, -0.1) is 0 Å². The van der Waals surface area contributed by atoms with Crippen LogP contribution < -0.4 is 4.74 Å². The zero-order valence-corrected chi connectivity index (χ0v) is 16.9. The van der Waals surface area contributed by atoms with E-state index in [-0.39, 0.29) is 12.0 Å². The van der Waals surface area contributed by atoms with Crippen LogP contribution in [0.2, 0.25) is 0 Å². The van der Waals surface area contributed by atoms with Crippen molar-refractivity contribution in [2.45, 2.75) is 52.1 Å². The minimum Gasteiger partial charge on any atom is -0.457 e. The van der Waals surface area contributed by atoms with Crippen LogP contribution in [0.15, 0.2) is 42.5 Å². The molecule has 0 spiro atoms. The molecule has 0 radical (unpaired) electrons. The monoisotopic (exact) mass is 367 g/mol. The third-order valence-corrected chi connectivity index (χ3v) is 4.85. The van der Waals surface area contributed by atoms with E-state index in [1.54, 1.807) is 11.9 Å². The molecule has 1 atom stereocenters. The molecular formula is C23H29NO3. The van der Waals surface area contributed by atoms with Gasteiger partial charge in [-0.05, 0) is 69.2 Å². The molecule has 4 heteroatoms. The topological polar surface area (TPSA) is 38.8 Å². The lowest BCUT2D eigenvalue weighted by molar-refractivity contribution is 0.0294. The van der Waals surface area contributed by atoms with E-state index >= 15 is 0 Å². The summed E-state index contributed by atoms with van der Waals surface area (Å²) in [5.74, 6) is 2.16. The molecule has 0 bridgehead atoms. The minimum absolute atomic E-state index is 0.281. The molecule has 1 unspecified atom stereocenters. The molecule has 0 saturated carbocycles. The first-order chi connectivity index (χ1) is 12.7. The van der Waals surface area contributed by atoms with Gasteiger partial charge in [-0.1, -0.05) is 36.4 Å². The first kappa shape index (κ1) is 19.3. The Morgan fingerprint density at radius 2 is 1.93 bits per heavy atom. The van der Waals surface area contributed by atoms with Gasteiger partial charge in [-0.2, -0.15) is 0 Å². The zero-order valence-electron chi connectivity index (χ0n) is 16.9. The Balaban J connectivity index is 1.79. The number of fused-ring (bicyclic) bond motifs is 2. The molecule has 0 N–H and O–H groups in total. The summed E-state index contributed by atoms with van der Waals surface area (Å²) in [6, 6.07) is 14.5. The zero-order chi connectivity index (χ0) is 19.6. The number of carbonyl (C=O) groups is 1. The minimum atomic E-state index is -0.482. The van der Waals surface area contributed by atoms with Crippen LogP contribution in [0.4, 0.5) is 4.79 Å². The van der Waals surface area contributed by atoms with Crippen LogP contribution in [-0.2, 0) is 11.2 Å². The van der Waals surface area contributed by atoms with E-state index < -0.39 is 5.60 Å². The number of nitrogens with zero attached hydrogens (tertiary/aromatic N) is 1. The van der Waals surface area contributed by atoms with Crippen LogP contribution in [0.1, 0.15) is 49.8 Å². The smallest absolute Gasteiger partial charge is 0.410 e. The standard InChI is InChI=1S/C23H29NO3/c1-16-9-8-10-18-15-17(13-14-24(5)22(25)27-23(2,3)4)19-11-6-7-12-20(19)26-21(16)18/h6-12,17H,13-15H2,1-5H3. The van der Waals surface area contributed by atoms with E-state index in [0.717, 1.165) is 29.9 Å². The third kappa shape index (κ3) is 4.62. The Bertz CT molecular complexity index is 823. The van der Waals surface area contributed by atoms with Crippen molar-refractivity contribution in [1.82, 2.24) is 4.90 Å². The largest absolute Gasteiger partial charge is 0.457 e. The molecule has 1 heterocycles. The summed E-state index contributed by atoms with van der Waals surface area (Å²) < 4.78 is 11.7. The predicted octanol–water partition coefficient (Wildman–Crippen LogP) is 5.68. The number of para-hydroxylation sites is 2. The van der Waals surface area contributed by atoms with Gasteiger partial charge in [0, 0.05) is 13.6 Å². The van der Waals surface area contributed by atoms with Crippen LogP contribution >= 0.6 is 0 Å². The van der Waals surface area contributed by atoms with E-state index in [4.69, 9.17) is 9.47 Å². The van der Waals surface area contributed by atoms with Gasteiger partial charge in [0.2, 0.25) is 0 Å². The summed E-state index contributed by atoms with van der Waals surface area (Å²) in [7, 11) is 1.80. The average Bonchev–Trinajstić information content (AvgIpc) is 2.76. The second-order valence-corrected chi connectivity index (χ2v) is 8.29. The summed E-state index contributed by atoms with van der Waals surface area (Å²) in [5.41, 5.74) is 3.08. The molecule has 1 aliphatic rings. The lowest BCUT2D eigenvalue weighted by Crippen LogP contribution is -2.35. The Morgan fingerprint density at radius 3 is 2.67 bits per heavy atom. The molecule has 144 valence electrons. The number of rotatable bonds is 3. The summed E-state index contributed by atoms with van der Waals surface area (Å²) in [5, 5.41) is 0. The molecule has 0 aromatic heterocycles. The maximum Gasteiger partial charge on any atom is 0.410 e. The SMILES string of the molecule is Cc1cccc2c1Oc1ccccc1C(CCN(C)C(=O)OC(C)(C)C)C2. The van der Waals surface area contributed by atoms with E-state index in [2.05, 4.69) is 37.3 Å². The lowest BCUT2D eigenvalue weighted by Gasteiger charge is -2.26. The molecule has 2 aromatic rings. The number of carbonyl (C=O) groups excluding carboxylic acids is 1. The Hall–Kier alpha value is -2.49. The van der Waals surface area contributed by atoms with Gasteiger partial charge in [0.1, 0.15) is 17.1 Å². The maximum absolute atomic E-state index is 12.3. The lowest BCUT2D eigenvalue weighted by atomic mass is 9.89. The molecule has 1 amide bonds. The van der Waals surface area contributed by atoms with Crippen molar-refractivity contribution in [2.24, 2.45) is 0 Å². The molecule has 4 nitrogen and oxygen atoms in total. The van der Waals surface area contributed by atoms with Gasteiger partial charge < -0.3 is 14.4 Å². The molecule has 0 aliphatic carbocycles. The van der Waals surface area contributed by atoms with Gasteiger partial charge in [0.15, 0.2) is 0 Å². The third-order valence-electron chi connectivity index (χ3n) is 4.85. The van der Waals surface area contributed by atoms with Gasteiger partial charge in [0.05, 0.1) is 0 Å². The fourth-order valence-corrected chi connectivity index (χ4v) is 3.45. The fraction of sp³-hybridized carbons (Fsp3) is 0.435. The van der Waals surface area contributed by atoms with Gasteiger partial charge in [-0.25, -0.2) is 4.79 Å². The van der Waals surface area contributed by atoms with Crippen molar-refractivity contribution in [3.05, 3.63) is 59.2 Å². The second-order valence-electron chi connectivity index (χ2n) is 8.29. The maximum atomic E-state index is 12.3. The Morgan fingerprint density at radius 1 is 1.19 bits per heavy atom. The Kier molecular flexibility index (Phi) is 5.45. The predicted molar refractivity (Wildman–Crippen MR) is 108 cm³/mol. The van der Waals surface area contributed by atoms with Gasteiger partial charge in [0.25, 0.3) is 0 Å². The molecule has 0 saturated heterocycles. The first-order valence-electron chi connectivity index (χ1n) is 9.54. The second kappa shape index (κ2) is 7.63. The van der Waals surface area contributed by atoms with E-state index in [0.29, 0.717) is 6.54 Å². The van der Waals surface area contributed by atoms with Crippen LogP contribution in [0.25, 0.3) is 0 Å². The number of hydrogen-bond acceptors (Lipinski definition) is 3. The molecule has 3 rings (SSSR count). The van der Waals surface area contributed by atoms with Crippen molar-refractivity contribution < 1.29 is 14.3 Å². The highest BCUT2D eigenvalue weighted by Crippen LogP contribution is 2.42. The molecule has 27 heavy (non-hydrogen) atoms. The summed E-state index contributed by atoms with van der Waals surface area (Å²) in [6.07, 6.45) is 1.47. The molecular weight excluding hydrogens is 338 g/mol. The van der Waals surface area contributed by atoms with Crippen molar-refractivity contribution in [3.8, 4) is 11.5 Å². The fourth-order valence-electron chi connectivity index (χ4n) is 3.45. The van der Waals surface area contributed by atoms with Gasteiger partial charge >= 0.3 is 6.09 Å². The molecule has 0 fully saturated rings. The van der Waals surface area contributed by atoms with Crippen molar-refractivity contribution >= 4 is 6.09 Å². The van der Waals surface area contributed by atoms with Crippen LogP contribution in [0, 0.1) is 6.92 Å². The molecule has 2 aromatic carbocycles. The van der Waals surface area contributed by atoms with Crippen molar-refractivity contribution in [1.29, 1.82) is 0 Å². The summed E-state index contributed by atoms with van der Waals surface area (Å²) >= 11 is 0. The highest BCUT2D eigenvalue weighted by Gasteiger charge is 2.26. The van der Waals surface area contributed by atoms with Crippen molar-refractivity contribution in [2.75, 3.05) is 13.6 Å². The number of hydrogen-bond donors (Lipinski definition) is 0. The number of ether oxygens (including phenoxy) is 2. The van der Waals surface area contributed by atoms with Crippen LogP contribution in [-0.4, -0.2) is 30.2 Å². The van der Waals surface area contributed by atoms with Crippen LogP contribution in [0.3, 0.4) is 0 Å². The Labute approximate surface area is 162 Å². The quantitative estimate of drug-likeness (QED) is 0.700.